The molecule has 0 spiro atoms. The highest BCUT2D eigenvalue weighted by Crippen LogP contribution is 2.24. The lowest BCUT2D eigenvalue weighted by atomic mass is 10.2. The number of halogens is 3. The summed E-state index contributed by atoms with van der Waals surface area (Å²) in [6, 6.07) is -1.42. The van der Waals surface area contributed by atoms with Gasteiger partial charge in [-0.2, -0.15) is 8.78 Å². The molecule has 0 rings (SSSR count). The summed E-state index contributed by atoms with van der Waals surface area (Å²) in [7, 11) is 0. The summed E-state index contributed by atoms with van der Waals surface area (Å²) in [4.78, 5) is 10.0. The molecule has 0 radical (unpaired) electrons. The van der Waals surface area contributed by atoms with E-state index in [1.54, 1.807) is 0 Å². The minimum atomic E-state index is -2.85. The molecule has 0 aromatic rings. The van der Waals surface area contributed by atoms with Gasteiger partial charge in [-0.3, -0.25) is 4.79 Å². The van der Waals surface area contributed by atoms with E-state index in [4.69, 9.17) is 10.8 Å². The number of carbonyl (C=O) groups is 1. The number of thioether (sulfide) groups is 1. The van der Waals surface area contributed by atoms with Gasteiger partial charge in [0.25, 0.3) is 5.76 Å². The second-order valence-corrected chi connectivity index (χ2v) is 3.13. The van der Waals surface area contributed by atoms with Crippen molar-refractivity contribution in [3.63, 3.8) is 0 Å². The van der Waals surface area contributed by atoms with E-state index in [9.17, 15) is 18.0 Å². The third-order valence-electron chi connectivity index (χ3n) is 1.01. The van der Waals surface area contributed by atoms with E-state index in [2.05, 4.69) is 0 Å². The number of alkyl halides is 3. The highest BCUT2D eigenvalue weighted by atomic mass is 32.2. The molecule has 0 amide bonds. The molecule has 1 unspecified atom stereocenters. The van der Waals surface area contributed by atoms with Crippen LogP contribution in [-0.2, 0) is 4.79 Å². The van der Waals surface area contributed by atoms with Gasteiger partial charge in [0.2, 0.25) is 0 Å². The monoisotopic (exact) mass is 203 g/mol. The van der Waals surface area contributed by atoms with E-state index < -0.39 is 29.7 Å². The Labute approximate surface area is 71.1 Å². The van der Waals surface area contributed by atoms with Crippen LogP contribution in [0.15, 0.2) is 0 Å². The first-order chi connectivity index (χ1) is 5.43. The van der Waals surface area contributed by atoms with E-state index in [1.165, 1.54) is 0 Å². The second kappa shape index (κ2) is 5.26. The first kappa shape index (κ1) is 11.6. The van der Waals surface area contributed by atoms with Crippen LogP contribution in [0.5, 0.6) is 0 Å². The largest absolute Gasteiger partial charge is 0.480 e. The summed E-state index contributed by atoms with van der Waals surface area (Å²) in [6.07, 6.45) is -0.607. The first-order valence-corrected chi connectivity index (χ1v) is 3.94. The number of nitrogens with two attached hydrogens (primary N) is 1. The molecule has 2 atom stereocenters. The van der Waals surface area contributed by atoms with Crippen LogP contribution in [0.1, 0.15) is 6.42 Å². The molecule has 0 aliphatic heterocycles. The molecule has 0 aliphatic rings. The summed E-state index contributed by atoms with van der Waals surface area (Å²) in [5, 5.41) is 8.18. The standard InChI is InChI=1S/C5H8F3NO2S/c6-3(12-5(7)8)1-2(9)4(10)11/h2-3,5H,1,9H2,(H,10,11)/t2-,3?/m0/s1. The zero-order chi connectivity index (χ0) is 9.72. The SMILES string of the molecule is N[C@@H](CC(F)SC(F)F)C(=O)O. The first-order valence-electron chi connectivity index (χ1n) is 2.99. The number of carboxylic acids is 1. The Kier molecular flexibility index (Phi) is 5.07. The molecule has 0 aliphatic carbocycles. The molecule has 0 heterocycles. The van der Waals surface area contributed by atoms with Crippen molar-refractivity contribution in [1.82, 2.24) is 0 Å². The number of hydrogen-bond donors (Lipinski definition) is 2. The van der Waals surface area contributed by atoms with Gasteiger partial charge in [0.15, 0.2) is 5.50 Å². The van der Waals surface area contributed by atoms with E-state index in [0.717, 1.165) is 0 Å². The summed E-state index contributed by atoms with van der Waals surface area (Å²) >= 11 is -0.243. The molecule has 0 saturated heterocycles. The lowest BCUT2D eigenvalue weighted by molar-refractivity contribution is -0.138. The van der Waals surface area contributed by atoms with Crippen molar-refractivity contribution in [2.45, 2.75) is 23.7 Å². The van der Waals surface area contributed by atoms with Crippen molar-refractivity contribution in [1.29, 1.82) is 0 Å². The van der Waals surface area contributed by atoms with Crippen molar-refractivity contribution >= 4 is 17.7 Å². The second-order valence-electron chi connectivity index (χ2n) is 1.99. The third kappa shape index (κ3) is 5.25. The average molecular weight is 203 g/mol. The molecule has 12 heavy (non-hydrogen) atoms. The third-order valence-corrected chi connectivity index (χ3v) is 1.70. The molecule has 0 aromatic carbocycles. The Hall–Kier alpha value is -0.430. The van der Waals surface area contributed by atoms with Crippen LogP contribution in [0.2, 0.25) is 0 Å². The topological polar surface area (TPSA) is 63.3 Å². The lowest BCUT2D eigenvalue weighted by Gasteiger charge is -2.09. The van der Waals surface area contributed by atoms with E-state index in [0.29, 0.717) is 0 Å². The van der Waals surface area contributed by atoms with Crippen molar-refractivity contribution in [3.8, 4) is 0 Å². The predicted molar refractivity (Wildman–Crippen MR) is 38.7 cm³/mol. The van der Waals surface area contributed by atoms with Crippen molar-refractivity contribution in [2.24, 2.45) is 5.73 Å². The van der Waals surface area contributed by atoms with Gasteiger partial charge in [0.1, 0.15) is 6.04 Å². The van der Waals surface area contributed by atoms with Crippen LogP contribution < -0.4 is 5.73 Å². The van der Waals surface area contributed by atoms with Gasteiger partial charge in [-0.1, -0.05) is 11.8 Å². The number of hydrogen-bond acceptors (Lipinski definition) is 3. The molecule has 0 aromatic heterocycles. The number of carboxylic acid groups (broad SMARTS) is 1. The smallest absolute Gasteiger partial charge is 0.320 e. The van der Waals surface area contributed by atoms with Gasteiger partial charge < -0.3 is 10.8 Å². The van der Waals surface area contributed by atoms with Crippen LogP contribution in [-0.4, -0.2) is 28.4 Å². The van der Waals surface area contributed by atoms with Gasteiger partial charge in [-0.25, -0.2) is 4.39 Å². The van der Waals surface area contributed by atoms with E-state index in [1.807, 2.05) is 0 Å². The van der Waals surface area contributed by atoms with Crippen molar-refractivity contribution in [2.75, 3.05) is 0 Å². The van der Waals surface area contributed by atoms with Crippen LogP contribution in [0.3, 0.4) is 0 Å². The van der Waals surface area contributed by atoms with Crippen LogP contribution >= 0.6 is 11.8 Å². The number of aliphatic carboxylic acids is 1. The Morgan fingerprint density at radius 1 is 1.50 bits per heavy atom. The Morgan fingerprint density at radius 3 is 2.33 bits per heavy atom. The Bertz CT molecular complexity index is 158. The average Bonchev–Trinajstić information content (AvgIpc) is 1.84. The highest BCUT2D eigenvalue weighted by molar-refractivity contribution is 8.00. The maximum Gasteiger partial charge on any atom is 0.320 e. The van der Waals surface area contributed by atoms with Crippen LogP contribution in [0.4, 0.5) is 13.2 Å². The Balaban J connectivity index is 3.68. The summed E-state index contributed by atoms with van der Waals surface area (Å²) in [5.41, 5.74) is 2.96. The van der Waals surface area contributed by atoms with Crippen molar-refractivity contribution < 1.29 is 23.1 Å². The fraction of sp³-hybridized carbons (Fsp3) is 0.800. The summed E-state index contributed by atoms with van der Waals surface area (Å²) in [5.74, 6) is -4.24. The lowest BCUT2D eigenvalue weighted by Crippen LogP contribution is -2.32. The molecular weight excluding hydrogens is 195 g/mol. The van der Waals surface area contributed by atoms with E-state index in [-0.39, 0.29) is 11.8 Å². The molecular formula is C5H8F3NO2S. The van der Waals surface area contributed by atoms with Crippen molar-refractivity contribution in [3.05, 3.63) is 0 Å². The van der Waals surface area contributed by atoms with Crippen LogP contribution in [0, 0.1) is 0 Å². The van der Waals surface area contributed by atoms with Gasteiger partial charge in [-0.15, -0.1) is 0 Å². The minimum absolute atomic E-state index is 0.243. The Morgan fingerprint density at radius 2 is 2.00 bits per heavy atom. The normalized spacial score (nSPS) is 16.1. The predicted octanol–water partition coefficient (Wildman–Crippen LogP) is 1.04. The molecule has 0 bridgehead atoms. The van der Waals surface area contributed by atoms with Gasteiger partial charge in [0.05, 0.1) is 0 Å². The zero-order valence-electron chi connectivity index (χ0n) is 5.91. The molecule has 72 valence electrons. The number of rotatable bonds is 5. The van der Waals surface area contributed by atoms with E-state index >= 15 is 0 Å². The highest BCUT2D eigenvalue weighted by Gasteiger charge is 2.21. The summed E-state index contributed by atoms with van der Waals surface area (Å²) in [6.45, 7) is 0. The minimum Gasteiger partial charge on any atom is -0.480 e. The molecule has 3 nitrogen and oxygen atoms in total. The maximum atomic E-state index is 12.4. The molecule has 3 N–H and O–H groups in total. The molecule has 7 heteroatoms. The van der Waals surface area contributed by atoms with Gasteiger partial charge in [-0.05, 0) is 0 Å². The fourth-order valence-corrected chi connectivity index (χ4v) is 1.01. The summed E-state index contributed by atoms with van der Waals surface area (Å²) < 4.78 is 35.3. The van der Waals surface area contributed by atoms with Crippen LogP contribution in [0.25, 0.3) is 0 Å². The molecule has 0 fully saturated rings. The quantitative estimate of drug-likeness (QED) is 0.700. The van der Waals surface area contributed by atoms with Gasteiger partial charge in [0, 0.05) is 6.42 Å². The van der Waals surface area contributed by atoms with Gasteiger partial charge >= 0.3 is 5.97 Å². The fourth-order valence-electron chi connectivity index (χ4n) is 0.468. The zero-order valence-corrected chi connectivity index (χ0v) is 6.73. The molecule has 0 saturated carbocycles. The maximum absolute atomic E-state index is 12.4.